The molecule has 82 valence electrons. The number of alkyl halides is 2. The van der Waals surface area contributed by atoms with Crippen molar-refractivity contribution in [2.75, 3.05) is 7.11 Å². The van der Waals surface area contributed by atoms with Gasteiger partial charge in [0.2, 0.25) is 0 Å². The number of nitrogens with zero attached hydrogens (tertiary/aromatic N) is 1. The Morgan fingerprint density at radius 3 is 2.73 bits per heavy atom. The molecule has 0 saturated carbocycles. The number of esters is 1. The van der Waals surface area contributed by atoms with Crippen molar-refractivity contribution < 1.29 is 23.4 Å². The number of halogens is 3. The molecule has 1 N–H and O–H groups in total. The van der Waals surface area contributed by atoms with E-state index >= 15 is 0 Å². The first kappa shape index (κ1) is 12.1. The second kappa shape index (κ2) is 4.69. The topological polar surface area (TPSA) is 59.4 Å². The van der Waals surface area contributed by atoms with Gasteiger partial charge in [-0.25, -0.2) is 18.6 Å². The number of hydrogen-bond acceptors (Lipinski definition) is 4. The molecule has 0 aromatic carbocycles. The van der Waals surface area contributed by atoms with E-state index in [0.717, 1.165) is 13.2 Å². The third kappa shape index (κ3) is 2.52. The number of pyridine rings is 1. The van der Waals surface area contributed by atoms with Crippen LogP contribution in [-0.4, -0.2) is 23.2 Å². The van der Waals surface area contributed by atoms with Crippen molar-refractivity contribution in [3.05, 3.63) is 21.0 Å². The fourth-order valence-corrected chi connectivity index (χ4v) is 1.45. The lowest BCUT2D eigenvalue weighted by atomic mass is 10.3. The van der Waals surface area contributed by atoms with Gasteiger partial charge in [-0.2, -0.15) is 0 Å². The lowest BCUT2D eigenvalue weighted by Crippen LogP contribution is -2.08. The molecule has 0 amide bonds. The van der Waals surface area contributed by atoms with Gasteiger partial charge >= 0.3 is 5.97 Å². The third-order valence-electron chi connectivity index (χ3n) is 1.57. The Hall–Kier alpha value is -0.990. The van der Waals surface area contributed by atoms with Crippen molar-refractivity contribution in [2.24, 2.45) is 0 Å². The van der Waals surface area contributed by atoms with E-state index in [4.69, 9.17) is 0 Å². The van der Waals surface area contributed by atoms with Crippen LogP contribution in [0.1, 0.15) is 22.6 Å². The minimum atomic E-state index is -2.80. The maximum absolute atomic E-state index is 12.3. The maximum atomic E-state index is 12.3. The summed E-state index contributed by atoms with van der Waals surface area (Å²) in [4.78, 5) is 14.4. The molecule has 1 aromatic rings. The fourth-order valence-electron chi connectivity index (χ4n) is 0.876. The zero-order valence-corrected chi connectivity index (χ0v) is 9.66. The van der Waals surface area contributed by atoms with Crippen molar-refractivity contribution in [3.8, 4) is 5.75 Å². The van der Waals surface area contributed by atoms with E-state index in [0.29, 0.717) is 0 Å². The third-order valence-corrected chi connectivity index (χ3v) is 2.39. The highest BCUT2D eigenvalue weighted by Crippen LogP contribution is 2.28. The number of hydrogen-bond donors (Lipinski definition) is 1. The average Bonchev–Trinajstić information content (AvgIpc) is 2.20. The van der Waals surface area contributed by atoms with Gasteiger partial charge in [-0.1, -0.05) is 0 Å². The zero-order chi connectivity index (χ0) is 11.6. The summed E-state index contributed by atoms with van der Waals surface area (Å²) in [6.45, 7) is 0. The first-order valence-electron chi connectivity index (χ1n) is 3.73. The molecule has 0 fully saturated rings. The summed E-state index contributed by atoms with van der Waals surface area (Å²) in [5.74, 6) is -1.40. The van der Waals surface area contributed by atoms with Gasteiger partial charge in [0.25, 0.3) is 6.43 Å². The molecule has 1 aromatic heterocycles. The van der Waals surface area contributed by atoms with Gasteiger partial charge in [-0.3, -0.25) is 0 Å². The van der Waals surface area contributed by atoms with Gasteiger partial charge in [-0.05, 0) is 28.7 Å². The van der Waals surface area contributed by atoms with Crippen LogP contribution in [0.2, 0.25) is 0 Å². The summed E-state index contributed by atoms with van der Waals surface area (Å²) in [6.07, 6.45) is -2.80. The minimum Gasteiger partial charge on any atom is -0.504 e. The maximum Gasteiger partial charge on any atom is 0.360 e. The van der Waals surface area contributed by atoms with E-state index in [1.54, 1.807) is 22.6 Å². The van der Waals surface area contributed by atoms with Gasteiger partial charge in [0, 0.05) is 0 Å². The molecule has 0 aliphatic rings. The van der Waals surface area contributed by atoms with Crippen molar-refractivity contribution in [1.82, 2.24) is 4.98 Å². The summed E-state index contributed by atoms with van der Waals surface area (Å²) < 4.78 is 29.1. The molecule has 0 saturated heterocycles. The van der Waals surface area contributed by atoms with Gasteiger partial charge in [0.15, 0.2) is 11.4 Å². The van der Waals surface area contributed by atoms with Crippen LogP contribution in [0.25, 0.3) is 0 Å². The molecule has 0 atom stereocenters. The molecule has 0 bridgehead atoms. The zero-order valence-electron chi connectivity index (χ0n) is 7.50. The lowest BCUT2D eigenvalue weighted by Gasteiger charge is -2.06. The van der Waals surface area contributed by atoms with Crippen LogP contribution in [0.15, 0.2) is 6.07 Å². The smallest absolute Gasteiger partial charge is 0.360 e. The minimum absolute atomic E-state index is 0.123. The quantitative estimate of drug-likeness (QED) is 0.667. The monoisotopic (exact) mass is 329 g/mol. The standard InChI is InChI=1S/C8H6F2INO3/c1-15-8(14)5-6(13)3(11)2-4(12-5)7(9)10/h2,7,13H,1H3. The number of ether oxygens (including phenoxy) is 1. The summed E-state index contributed by atoms with van der Waals surface area (Å²) in [6, 6.07) is 1.01. The van der Waals surface area contributed by atoms with Crippen LogP contribution >= 0.6 is 22.6 Å². The molecule has 15 heavy (non-hydrogen) atoms. The Labute approximate surface area is 97.4 Å². The molecular formula is C8H6F2INO3. The normalized spacial score (nSPS) is 10.5. The molecule has 0 radical (unpaired) electrons. The molecule has 0 spiro atoms. The van der Waals surface area contributed by atoms with Crippen LogP contribution < -0.4 is 0 Å². The summed E-state index contributed by atoms with van der Waals surface area (Å²) in [5, 5.41) is 9.39. The van der Waals surface area contributed by atoms with Crippen LogP contribution in [0.4, 0.5) is 8.78 Å². The molecule has 0 aliphatic heterocycles. The van der Waals surface area contributed by atoms with Crippen LogP contribution in [0.3, 0.4) is 0 Å². The lowest BCUT2D eigenvalue weighted by molar-refractivity contribution is 0.0588. The SMILES string of the molecule is COC(=O)c1nc(C(F)F)cc(I)c1O. The fraction of sp³-hybridized carbons (Fsp3) is 0.250. The summed E-state index contributed by atoms with van der Waals surface area (Å²) in [7, 11) is 1.07. The number of carbonyl (C=O) groups is 1. The molecular weight excluding hydrogens is 323 g/mol. The van der Waals surface area contributed by atoms with Crippen molar-refractivity contribution in [1.29, 1.82) is 0 Å². The van der Waals surface area contributed by atoms with E-state index in [1.165, 1.54) is 0 Å². The Kier molecular flexibility index (Phi) is 3.77. The van der Waals surface area contributed by atoms with E-state index in [2.05, 4.69) is 9.72 Å². The molecule has 0 aliphatic carbocycles. The number of methoxy groups -OCH3 is 1. The summed E-state index contributed by atoms with van der Waals surface area (Å²) in [5.41, 5.74) is -1.07. The Morgan fingerprint density at radius 1 is 1.67 bits per heavy atom. The van der Waals surface area contributed by atoms with Gasteiger partial charge in [0.1, 0.15) is 5.69 Å². The highest BCUT2D eigenvalue weighted by molar-refractivity contribution is 14.1. The van der Waals surface area contributed by atoms with Crippen LogP contribution in [0, 0.1) is 3.57 Å². The largest absolute Gasteiger partial charge is 0.504 e. The second-order valence-corrected chi connectivity index (χ2v) is 3.68. The van der Waals surface area contributed by atoms with E-state index in [1.807, 2.05) is 0 Å². The average molecular weight is 329 g/mol. The molecule has 1 rings (SSSR count). The Morgan fingerprint density at radius 2 is 2.27 bits per heavy atom. The van der Waals surface area contributed by atoms with Crippen LogP contribution in [-0.2, 0) is 4.74 Å². The predicted octanol–water partition coefficient (Wildman–Crippen LogP) is 2.12. The molecule has 0 unspecified atom stereocenters. The molecule has 4 nitrogen and oxygen atoms in total. The second-order valence-electron chi connectivity index (χ2n) is 2.52. The first-order chi connectivity index (χ1) is 6.97. The van der Waals surface area contributed by atoms with Crippen LogP contribution in [0.5, 0.6) is 5.75 Å². The van der Waals surface area contributed by atoms with Gasteiger partial charge < -0.3 is 9.84 Å². The van der Waals surface area contributed by atoms with Gasteiger partial charge in [0.05, 0.1) is 10.7 Å². The molecule has 1 heterocycles. The van der Waals surface area contributed by atoms with E-state index in [9.17, 15) is 18.7 Å². The highest BCUT2D eigenvalue weighted by atomic mass is 127. The molecule has 7 heteroatoms. The Balaban J connectivity index is 3.31. The predicted molar refractivity (Wildman–Crippen MR) is 54.9 cm³/mol. The van der Waals surface area contributed by atoms with Crippen molar-refractivity contribution in [2.45, 2.75) is 6.43 Å². The van der Waals surface area contributed by atoms with E-state index < -0.39 is 29.5 Å². The van der Waals surface area contributed by atoms with E-state index in [-0.39, 0.29) is 3.57 Å². The van der Waals surface area contributed by atoms with Gasteiger partial charge in [-0.15, -0.1) is 0 Å². The number of rotatable bonds is 2. The summed E-state index contributed by atoms with van der Waals surface area (Å²) >= 11 is 1.63. The van der Waals surface area contributed by atoms with Crippen molar-refractivity contribution in [3.63, 3.8) is 0 Å². The number of aromatic hydroxyl groups is 1. The number of carbonyl (C=O) groups excluding carboxylic acids is 1. The Bertz CT molecular complexity index is 398. The highest BCUT2D eigenvalue weighted by Gasteiger charge is 2.21. The first-order valence-corrected chi connectivity index (χ1v) is 4.81. The number of aromatic nitrogens is 1. The van der Waals surface area contributed by atoms with Crippen molar-refractivity contribution >= 4 is 28.6 Å².